The number of rotatable bonds is 5. The van der Waals surface area contributed by atoms with Gasteiger partial charge in [-0.2, -0.15) is 0 Å². The van der Waals surface area contributed by atoms with E-state index in [1.807, 2.05) is 12.1 Å². The summed E-state index contributed by atoms with van der Waals surface area (Å²) in [5.74, 6) is 2.02. The lowest BCUT2D eigenvalue weighted by Crippen LogP contribution is -2.29. The van der Waals surface area contributed by atoms with E-state index in [2.05, 4.69) is 58.5 Å². The number of halogens is 4. The summed E-state index contributed by atoms with van der Waals surface area (Å²) in [4.78, 5) is 0. The first-order valence-corrected chi connectivity index (χ1v) is 13.0. The maximum Gasteiger partial charge on any atom is 0.175 e. The highest BCUT2D eigenvalue weighted by Crippen LogP contribution is 2.52. The molecule has 0 unspecified atom stereocenters. The Morgan fingerprint density at radius 1 is 1.06 bits per heavy atom. The van der Waals surface area contributed by atoms with Crippen LogP contribution < -0.4 is 14.8 Å². The Labute approximate surface area is 223 Å². The van der Waals surface area contributed by atoms with Gasteiger partial charge < -0.3 is 14.8 Å². The molecule has 0 spiro atoms. The standard InChI is InChI=1S/C27H23BrCl3NO2/c1-14-8-18(30)11-21-19-4-3-5-20(19)26(32-25(14)21)16-9-22(28)27(24(10-16)33-2)34-13-15-6-7-17(29)12-23(15)31/h3-4,6-12,19-20,26,32H,5,13H2,1-2H3/t19-,20+,26-/m0/s1. The fourth-order valence-corrected chi connectivity index (χ4v) is 6.34. The zero-order valence-electron chi connectivity index (χ0n) is 18.7. The highest BCUT2D eigenvalue weighted by molar-refractivity contribution is 9.10. The number of anilines is 1. The molecular weight excluding hydrogens is 557 g/mol. The molecule has 3 atom stereocenters. The fourth-order valence-electron chi connectivity index (χ4n) is 5.02. The van der Waals surface area contributed by atoms with E-state index in [-0.39, 0.29) is 6.04 Å². The molecule has 0 saturated heterocycles. The van der Waals surface area contributed by atoms with Gasteiger partial charge in [-0.15, -0.1) is 0 Å². The molecule has 0 fully saturated rings. The summed E-state index contributed by atoms with van der Waals surface area (Å²) in [5, 5.41) is 5.75. The molecule has 7 heteroatoms. The minimum absolute atomic E-state index is 0.123. The summed E-state index contributed by atoms with van der Waals surface area (Å²) >= 11 is 22.4. The van der Waals surface area contributed by atoms with Gasteiger partial charge in [0.1, 0.15) is 6.61 Å². The average Bonchev–Trinajstić information content (AvgIpc) is 3.29. The van der Waals surface area contributed by atoms with Gasteiger partial charge in [-0.1, -0.05) is 53.0 Å². The van der Waals surface area contributed by atoms with Gasteiger partial charge in [-0.05, 0) is 88.3 Å². The molecule has 2 aliphatic rings. The Morgan fingerprint density at radius 3 is 2.65 bits per heavy atom. The zero-order valence-corrected chi connectivity index (χ0v) is 22.5. The van der Waals surface area contributed by atoms with Crippen molar-refractivity contribution in [2.75, 3.05) is 12.4 Å². The maximum atomic E-state index is 6.39. The number of methoxy groups -OCH3 is 1. The number of ether oxygens (including phenoxy) is 2. The van der Waals surface area contributed by atoms with Crippen molar-refractivity contribution in [3.63, 3.8) is 0 Å². The Balaban J connectivity index is 1.47. The second kappa shape index (κ2) is 9.66. The molecule has 5 rings (SSSR count). The lowest BCUT2D eigenvalue weighted by molar-refractivity contribution is 0.282. The largest absolute Gasteiger partial charge is 0.493 e. The van der Waals surface area contributed by atoms with Crippen molar-refractivity contribution < 1.29 is 9.47 Å². The summed E-state index contributed by atoms with van der Waals surface area (Å²) in [5.41, 5.74) is 5.57. The van der Waals surface area contributed by atoms with Crippen LogP contribution in [0.15, 0.2) is 59.1 Å². The van der Waals surface area contributed by atoms with Crippen LogP contribution in [-0.2, 0) is 6.61 Å². The number of aryl methyl sites for hydroxylation is 1. The van der Waals surface area contributed by atoms with Crippen molar-refractivity contribution >= 4 is 56.4 Å². The highest BCUT2D eigenvalue weighted by atomic mass is 79.9. The number of hydrogen-bond acceptors (Lipinski definition) is 3. The first-order chi connectivity index (χ1) is 16.4. The van der Waals surface area contributed by atoms with Crippen molar-refractivity contribution in [3.05, 3.63) is 96.4 Å². The third-order valence-electron chi connectivity index (χ3n) is 6.63. The summed E-state index contributed by atoms with van der Waals surface area (Å²) in [7, 11) is 1.66. The molecule has 3 aromatic rings. The Morgan fingerprint density at radius 2 is 1.88 bits per heavy atom. The second-order valence-corrected chi connectivity index (χ2v) is 10.9. The van der Waals surface area contributed by atoms with E-state index < -0.39 is 0 Å². The van der Waals surface area contributed by atoms with Crippen LogP contribution in [0.4, 0.5) is 5.69 Å². The summed E-state index contributed by atoms with van der Waals surface area (Å²) in [6, 6.07) is 13.8. The minimum Gasteiger partial charge on any atom is -0.493 e. The molecule has 0 bridgehead atoms. The monoisotopic (exact) mass is 577 g/mol. The van der Waals surface area contributed by atoms with Crippen molar-refractivity contribution in [1.82, 2.24) is 0 Å². The molecular formula is C27H23BrCl3NO2. The van der Waals surface area contributed by atoms with Gasteiger partial charge in [0.15, 0.2) is 11.5 Å². The molecule has 0 saturated carbocycles. The first-order valence-electron chi connectivity index (χ1n) is 11.0. The van der Waals surface area contributed by atoms with E-state index in [1.54, 1.807) is 19.2 Å². The van der Waals surface area contributed by atoms with E-state index in [9.17, 15) is 0 Å². The van der Waals surface area contributed by atoms with Gasteiger partial charge >= 0.3 is 0 Å². The maximum absolute atomic E-state index is 6.39. The second-order valence-electron chi connectivity index (χ2n) is 8.72. The highest BCUT2D eigenvalue weighted by Gasteiger charge is 2.39. The van der Waals surface area contributed by atoms with Crippen LogP contribution in [0.3, 0.4) is 0 Å². The van der Waals surface area contributed by atoms with Crippen LogP contribution in [0.25, 0.3) is 0 Å². The Hall–Kier alpha value is -1.85. The molecule has 0 radical (unpaired) electrons. The van der Waals surface area contributed by atoms with E-state index in [4.69, 9.17) is 44.3 Å². The van der Waals surface area contributed by atoms with Gasteiger partial charge in [0, 0.05) is 32.2 Å². The molecule has 0 aromatic heterocycles. The lowest BCUT2D eigenvalue weighted by atomic mass is 9.76. The lowest BCUT2D eigenvalue weighted by Gasteiger charge is -2.38. The van der Waals surface area contributed by atoms with Crippen LogP contribution in [0.1, 0.15) is 40.6 Å². The van der Waals surface area contributed by atoms with Gasteiger partial charge in [0.25, 0.3) is 0 Å². The van der Waals surface area contributed by atoms with Crippen LogP contribution in [0, 0.1) is 12.8 Å². The van der Waals surface area contributed by atoms with Crippen molar-refractivity contribution in [2.45, 2.75) is 31.9 Å². The quantitative estimate of drug-likeness (QED) is 0.306. The van der Waals surface area contributed by atoms with Gasteiger partial charge in [-0.25, -0.2) is 0 Å². The SMILES string of the molecule is COc1cc([C@@H]2Nc3c(C)cc(Cl)cc3[C@H]3C=CC[C@H]32)cc(Br)c1OCc1ccc(Cl)cc1Cl. The topological polar surface area (TPSA) is 30.5 Å². The molecule has 3 aromatic carbocycles. The molecule has 0 amide bonds. The van der Waals surface area contributed by atoms with Crippen LogP contribution in [0.2, 0.25) is 15.1 Å². The van der Waals surface area contributed by atoms with Gasteiger partial charge in [0.2, 0.25) is 0 Å². The zero-order chi connectivity index (χ0) is 24.0. The van der Waals surface area contributed by atoms with Crippen LogP contribution in [0.5, 0.6) is 11.5 Å². The number of benzene rings is 3. The van der Waals surface area contributed by atoms with Crippen molar-refractivity contribution in [1.29, 1.82) is 0 Å². The smallest absolute Gasteiger partial charge is 0.175 e. The Kier molecular flexibility index (Phi) is 6.78. The molecule has 3 nitrogen and oxygen atoms in total. The minimum atomic E-state index is 0.123. The number of hydrogen-bond donors (Lipinski definition) is 1. The summed E-state index contributed by atoms with van der Waals surface area (Å²) in [6.45, 7) is 2.40. The van der Waals surface area contributed by atoms with Crippen LogP contribution >= 0.6 is 50.7 Å². The predicted molar refractivity (Wildman–Crippen MR) is 144 cm³/mol. The fraction of sp³-hybridized carbons (Fsp3) is 0.259. The van der Waals surface area contributed by atoms with Crippen LogP contribution in [-0.4, -0.2) is 7.11 Å². The van der Waals surface area contributed by atoms with E-state index >= 15 is 0 Å². The third kappa shape index (κ3) is 4.42. The van der Waals surface area contributed by atoms with Gasteiger partial charge in [0.05, 0.1) is 17.6 Å². The molecule has 1 aliphatic heterocycles. The van der Waals surface area contributed by atoms with E-state index in [1.165, 1.54) is 5.56 Å². The average molecular weight is 580 g/mol. The van der Waals surface area contributed by atoms with E-state index in [0.29, 0.717) is 40.0 Å². The Bertz CT molecular complexity index is 1290. The normalized spacial score (nSPS) is 20.5. The number of nitrogens with one attached hydrogen (secondary N) is 1. The van der Waals surface area contributed by atoms with Crippen molar-refractivity contribution in [2.24, 2.45) is 5.92 Å². The molecule has 1 heterocycles. The van der Waals surface area contributed by atoms with E-state index in [0.717, 1.165) is 38.3 Å². The molecule has 34 heavy (non-hydrogen) atoms. The number of fused-ring (bicyclic) bond motifs is 3. The summed E-state index contributed by atoms with van der Waals surface area (Å²) in [6.07, 6.45) is 5.59. The predicted octanol–water partition coefficient (Wildman–Crippen LogP) is 9.13. The number of allylic oxidation sites excluding steroid dienone is 2. The summed E-state index contributed by atoms with van der Waals surface area (Å²) < 4.78 is 12.7. The third-order valence-corrected chi connectivity index (χ3v) is 8.02. The molecule has 1 aliphatic carbocycles. The molecule has 1 N–H and O–H groups in total. The van der Waals surface area contributed by atoms with Crippen molar-refractivity contribution in [3.8, 4) is 11.5 Å². The first kappa shape index (κ1) is 23.9. The molecule has 176 valence electrons. The van der Waals surface area contributed by atoms with Gasteiger partial charge in [-0.3, -0.25) is 0 Å².